The second-order valence-electron chi connectivity index (χ2n) is 5.10. The van der Waals surface area contributed by atoms with E-state index < -0.39 is 0 Å². The van der Waals surface area contributed by atoms with E-state index in [0.717, 1.165) is 19.4 Å². The topological polar surface area (TPSA) is 35.2 Å². The molecule has 16 heavy (non-hydrogen) atoms. The van der Waals surface area contributed by atoms with Gasteiger partial charge in [-0.2, -0.15) is 0 Å². The lowest BCUT2D eigenvalue weighted by Crippen LogP contribution is -2.48. The maximum atomic E-state index is 6.43. The minimum atomic E-state index is -0.182. The zero-order valence-corrected chi connectivity index (χ0v) is 10.4. The summed E-state index contributed by atoms with van der Waals surface area (Å²) in [6.45, 7) is 7.15. The van der Waals surface area contributed by atoms with Crippen molar-refractivity contribution >= 4 is 0 Å². The van der Waals surface area contributed by atoms with Gasteiger partial charge in [-0.3, -0.25) is 0 Å². The molecule has 1 aromatic rings. The fourth-order valence-corrected chi connectivity index (χ4v) is 2.37. The van der Waals surface area contributed by atoms with Crippen LogP contribution in [0.2, 0.25) is 0 Å². The summed E-state index contributed by atoms with van der Waals surface area (Å²) in [5, 5.41) is 0. The number of hydrogen-bond donors (Lipinski definition) is 1. The fourth-order valence-electron chi connectivity index (χ4n) is 2.37. The molecule has 1 saturated heterocycles. The van der Waals surface area contributed by atoms with Crippen LogP contribution in [0, 0.1) is 13.8 Å². The largest absolute Gasteiger partial charge is 0.377 e. The maximum Gasteiger partial charge on any atom is 0.0730 e. The first kappa shape index (κ1) is 11.6. The molecule has 1 fully saturated rings. The molecule has 1 aromatic carbocycles. The highest BCUT2D eigenvalue weighted by molar-refractivity contribution is 5.32. The molecule has 2 nitrogen and oxygen atoms in total. The van der Waals surface area contributed by atoms with E-state index in [-0.39, 0.29) is 11.6 Å². The molecular formula is C14H21NO. The minimum absolute atomic E-state index is 0.160. The van der Waals surface area contributed by atoms with Gasteiger partial charge in [0.1, 0.15) is 0 Å². The van der Waals surface area contributed by atoms with Crippen LogP contribution in [-0.2, 0) is 11.2 Å². The van der Waals surface area contributed by atoms with Gasteiger partial charge in [-0.25, -0.2) is 0 Å². The highest BCUT2D eigenvalue weighted by Gasteiger charge is 2.37. The van der Waals surface area contributed by atoms with Crippen LogP contribution in [0.15, 0.2) is 18.2 Å². The van der Waals surface area contributed by atoms with Crippen molar-refractivity contribution in [3.63, 3.8) is 0 Å². The summed E-state index contributed by atoms with van der Waals surface area (Å²) in [4.78, 5) is 0. The predicted octanol–water partition coefficient (Wildman–Crippen LogP) is 2.35. The number of nitrogens with two attached hydrogens (primary N) is 1. The number of benzene rings is 1. The molecule has 0 aromatic heterocycles. The van der Waals surface area contributed by atoms with Gasteiger partial charge in [-0.05, 0) is 44.7 Å². The third-order valence-corrected chi connectivity index (χ3v) is 3.77. The summed E-state index contributed by atoms with van der Waals surface area (Å²) in [5.41, 5.74) is 10.2. The molecule has 2 N–H and O–H groups in total. The molecule has 0 amide bonds. The monoisotopic (exact) mass is 219 g/mol. The Labute approximate surface area is 97.8 Å². The van der Waals surface area contributed by atoms with Gasteiger partial charge in [-0.1, -0.05) is 23.8 Å². The average molecular weight is 219 g/mol. The van der Waals surface area contributed by atoms with Crippen molar-refractivity contribution in [3.05, 3.63) is 34.9 Å². The van der Waals surface area contributed by atoms with E-state index >= 15 is 0 Å². The standard InChI is InChI=1S/C14H21NO/c1-10-4-5-11(2)13(8-10)9-14(15)6-7-16-12(14)3/h4-5,8,12H,6-7,9,15H2,1-3H3. The molecule has 1 aliphatic heterocycles. The third kappa shape index (κ3) is 2.13. The van der Waals surface area contributed by atoms with Crippen LogP contribution in [0.4, 0.5) is 0 Å². The van der Waals surface area contributed by atoms with Crippen LogP contribution in [0.5, 0.6) is 0 Å². The van der Waals surface area contributed by atoms with Gasteiger partial charge in [0.25, 0.3) is 0 Å². The molecule has 0 radical (unpaired) electrons. The van der Waals surface area contributed by atoms with Crippen molar-refractivity contribution in [2.45, 2.75) is 45.3 Å². The molecule has 0 spiro atoms. The lowest BCUT2D eigenvalue weighted by atomic mass is 9.84. The van der Waals surface area contributed by atoms with Crippen LogP contribution in [-0.4, -0.2) is 18.2 Å². The summed E-state index contributed by atoms with van der Waals surface area (Å²) in [6, 6.07) is 6.57. The zero-order chi connectivity index (χ0) is 11.8. The van der Waals surface area contributed by atoms with Crippen molar-refractivity contribution in [3.8, 4) is 0 Å². The Kier molecular flexibility index (Phi) is 3.04. The van der Waals surface area contributed by atoms with Gasteiger partial charge in [0.2, 0.25) is 0 Å². The highest BCUT2D eigenvalue weighted by atomic mass is 16.5. The number of aryl methyl sites for hydroxylation is 2. The Morgan fingerprint density at radius 2 is 2.19 bits per heavy atom. The molecule has 1 aliphatic rings. The van der Waals surface area contributed by atoms with E-state index in [1.54, 1.807) is 0 Å². The molecule has 0 bridgehead atoms. The first-order chi connectivity index (χ1) is 7.51. The summed E-state index contributed by atoms with van der Waals surface area (Å²) in [7, 11) is 0. The second-order valence-corrected chi connectivity index (χ2v) is 5.10. The molecule has 2 unspecified atom stereocenters. The van der Waals surface area contributed by atoms with E-state index in [0.29, 0.717) is 0 Å². The SMILES string of the molecule is Cc1ccc(C)c(CC2(N)CCOC2C)c1. The van der Waals surface area contributed by atoms with Crippen LogP contribution in [0.3, 0.4) is 0 Å². The Balaban J connectivity index is 2.23. The van der Waals surface area contributed by atoms with Crippen molar-refractivity contribution in [2.75, 3.05) is 6.61 Å². The van der Waals surface area contributed by atoms with E-state index in [2.05, 4.69) is 39.0 Å². The molecule has 1 heterocycles. The average Bonchev–Trinajstić information content (AvgIpc) is 2.53. The molecular weight excluding hydrogens is 198 g/mol. The van der Waals surface area contributed by atoms with E-state index in [9.17, 15) is 0 Å². The molecule has 2 atom stereocenters. The second kappa shape index (κ2) is 4.19. The van der Waals surface area contributed by atoms with Crippen molar-refractivity contribution in [2.24, 2.45) is 5.73 Å². The predicted molar refractivity (Wildman–Crippen MR) is 66.6 cm³/mol. The molecule has 0 saturated carbocycles. The third-order valence-electron chi connectivity index (χ3n) is 3.77. The lowest BCUT2D eigenvalue weighted by Gasteiger charge is -2.28. The summed E-state index contributed by atoms with van der Waals surface area (Å²) in [5.74, 6) is 0. The zero-order valence-electron chi connectivity index (χ0n) is 10.4. The highest BCUT2D eigenvalue weighted by Crippen LogP contribution is 2.28. The van der Waals surface area contributed by atoms with Gasteiger partial charge in [-0.15, -0.1) is 0 Å². The molecule has 0 aliphatic carbocycles. The minimum Gasteiger partial charge on any atom is -0.377 e. The Bertz CT molecular complexity index is 388. The molecule has 88 valence electrons. The van der Waals surface area contributed by atoms with Crippen LogP contribution in [0.25, 0.3) is 0 Å². The van der Waals surface area contributed by atoms with Gasteiger partial charge in [0.05, 0.1) is 6.10 Å². The summed E-state index contributed by atoms with van der Waals surface area (Å²) in [6.07, 6.45) is 2.04. The number of ether oxygens (including phenoxy) is 1. The number of rotatable bonds is 2. The Morgan fingerprint density at radius 3 is 2.81 bits per heavy atom. The van der Waals surface area contributed by atoms with Gasteiger partial charge < -0.3 is 10.5 Å². The van der Waals surface area contributed by atoms with Crippen molar-refractivity contribution in [1.82, 2.24) is 0 Å². The van der Waals surface area contributed by atoms with Crippen molar-refractivity contribution < 1.29 is 4.74 Å². The quantitative estimate of drug-likeness (QED) is 0.828. The fraction of sp³-hybridized carbons (Fsp3) is 0.571. The van der Waals surface area contributed by atoms with E-state index in [4.69, 9.17) is 10.5 Å². The van der Waals surface area contributed by atoms with Crippen molar-refractivity contribution in [1.29, 1.82) is 0 Å². The number of hydrogen-bond acceptors (Lipinski definition) is 2. The first-order valence-electron chi connectivity index (χ1n) is 5.98. The summed E-state index contributed by atoms with van der Waals surface area (Å²) >= 11 is 0. The van der Waals surface area contributed by atoms with Gasteiger partial charge in [0, 0.05) is 12.1 Å². The smallest absolute Gasteiger partial charge is 0.0730 e. The Hall–Kier alpha value is -0.860. The normalized spacial score (nSPS) is 29.6. The summed E-state index contributed by atoms with van der Waals surface area (Å²) < 4.78 is 5.59. The van der Waals surface area contributed by atoms with E-state index in [1.807, 2.05) is 0 Å². The van der Waals surface area contributed by atoms with E-state index in [1.165, 1.54) is 16.7 Å². The van der Waals surface area contributed by atoms with Crippen LogP contribution in [0.1, 0.15) is 30.0 Å². The van der Waals surface area contributed by atoms with Gasteiger partial charge in [0.15, 0.2) is 0 Å². The van der Waals surface area contributed by atoms with Crippen LogP contribution >= 0.6 is 0 Å². The Morgan fingerprint density at radius 1 is 1.44 bits per heavy atom. The molecule has 2 heteroatoms. The maximum absolute atomic E-state index is 6.43. The molecule has 2 rings (SSSR count). The van der Waals surface area contributed by atoms with Crippen LogP contribution < -0.4 is 5.73 Å². The van der Waals surface area contributed by atoms with Gasteiger partial charge >= 0.3 is 0 Å². The lowest BCUT2D eigenvalue weighted by molar-refractivity contribution is 0.0955. The first-order valence-corrected chi connectivity index (χ1v) is 5.98.